The highest BCUT2D eigenvalue weighted by molar-refractivity contribution is 5.98. The molecule has 2 amide bonds. The molecule has 0 bridgehead atoms. The first-order valence-electron chi connectivity index (χ1n) is 8.84. The summed E-state index contributed by atoms with van der Waals surface area (Å²) in [7, 11) is 0. The first-order chi connectivity index (χ1) is 12.7. The van der Waals surface area contributed by atoms with Gasteiger partial charge >= 0.3 is 0 Å². The summed E-state index contributed by atoms with van der Waals surface area (Å²) in [6.07, 6.45) is 2.58. The molecule has 7 nitrogen and oxygen atoms in total. The Morgan fingerprint density at radius 2 is 2.12 bits per heavy atom. The van der Waals surface area contributed by atoms with Gasteiger partial charge in [-0.3, -0.25) is 9.59 Å². The van der Waals surface area contributed by atoms with Crippen LogP contribution in [-0.2, 0) is 13.0 Å². The molecule has 2 N–H and O–H groups in total. The lowest BCUT2D eigenvalue weighted by Crippen LogP contribution is -2.37. The number of H-pyrrole nitrogens is 1. The first kappa shape index (κ1) is 15.2. The maximum absolute atomic E-state index is 12.9. The fourth-order valence-corrected chi connectivity index (χ4v) is 3.40. The Kier molecular flexibility index (Phi) is 3.34. The van der Waals surface area contributed by atoms with Gasteiger partial charge in [0.1, 0.15) is 11.5 Å². The summed E-state index contributed by atoms with van der Waals surface area (Å²) < 4.78 is 5.34. The summed E-state index contributed by atoms with van der Waals surface area (Å²) >= 11 is 0. The second kappa shape index (κ2) is 5.72. The van der Waals surface area contributed by atoms with Crippen LogP contribution in [0.1, 0.15) is 45.1 Å². The lowest BCUT2D eigenvalue weighted by atomic mass is 10.1. The third kappa shape index (κ3) is 2.56. The molecule has 5 rings (SSSR count). The molecule has 132 valence electrons. The number of amides is 2. The smallest absolute Gasteiger partial charge is 0.274 e. The monoisotopic (exact) mass is 350 g/mol. The van der Waals surface area contributed by atoms with Crippen LogP contribution in [0, 0.1) is 0 Å². The first-order valence-corrected chi connectivity index (χ1v) is 8.84. The van der Waals surface area contributed by atoms with E-state index >= 15 is 0 Å². The summed E-state index contributed by atoms with van der Waals surface area (Å²) in [4.78, 5) is 30.2. The molecule has 3 heterocycles. The van der Waals surface area contributed by atoms with E-state index in [1.54, 1.807) is 4.90 Å². The highest BCUT2D eigenvalue weighted by Gasteiger charge is 2.32. The molecule has 0 saturated heterocycles. The molecular formula is C19H18N4O3. The highest BCUT2D eigenvalue weighted by Crippen LogP contribution is 2.26. The lowest BCUT2D eigenvalue weighted by molar-refractivity contribution is 0.0722. The van der Waals surface area contributed by atoms with Crippen LogP contribution in [-0.4, -0.2) is 39.4 Å². The molecule has 1 aliphatic carbocycles. The predicted octanol–water partition coefficient (Wildman–Crippen LogP) is 2.25. The second-order valence-corrected chi connectivity index (χ2v) is 6.93. The van der Waals surface area contributed by atoms with Gasteiger partial charge in [0.2, 0.25) is 0 Å². The average molecular weight is 350 g/mol. The van der Waals surface area contributed by atoms with Crippen LogP contribution < -0.4 is 5.32 Å². The van der Waals surface area contributed by atoms with Gasteiger partial charge in [-0.25, -0.2) is 0 Å². The minimum Gasteiger partial charge on any atom is -0.360 e. The number of benzene rings is 1. The normalized spacial score (nSPS) is 16.5. The van der Waals surface area contributed by atoms with Gasteiger partial charge in [-0.1, -0.05) is 23.4 Å². The van der Waals surface area contributed by atoms with Crippen LogP contribution in [0.15, 0.2) is 34.9 Å². The van der Waals surface area contributed by atoms with E-state index in [1.807, 2.05) is 30.3 Å². The third-order valence-electron chi connectivity index (χ3n) is 5.00. The second-order valence-electron chi connectivity index (χ2n) is 6.93. The molecule has 1 saturated carbocycles. The predicted molar refractivity (Wildman–Crippen MR) is 93.7 cm³/mol. The van der Waals surface area contributed by atoms with E-state index in [1.165, 1.54) is 0 Å². The fraction of sp³-hybridized carbons (Fsp3) is 0.316. The molecule has 1 aliphatic heterocycles. The molecule has 2 aliphatic rings. The van der Waals surface area contributed by atoms with Crippen molar-refractivity contribution in [1.82, 2.24) is 20.4 Å². The Morgan fingerprint density at radius 3 is 2.92 bits per heavy atom. The molecule has 0 atom stereocenters. The van der Waals surface area contributed by atoms with Gasteiger partial charge in [0.05, 0.1) is 6.54 Å². The van der Waals surface area contributed by atoms with Crippen LogP contribution >= 0.6 is 0 Å². The molecule has 26 heavy (non-hydrogen) atoms. The van der Waals surface area contributed by atoms with E-state index in [4.69, 9.17) is 4.52 Å². The number of fused-ring (bicyclic) bond motifs is 2. The Balaban J connectivity index is 1.39. The van der Waals surface area contributed by atoms with Crippen LogP contribution in [0.2, 0.25) is 0 Å². The van der Waals surface area contributed by atoms with E-state index in [2.05, 4.69) is 15.5 Å². The fourth-order valence-electron chi connectivity index (χ4n) is 3.40. The third-order valence-corrected chi connectivity index (χ3v) is 5.00. The van der Waals surface area contributed by atoms with Crippen molar-refractivity contribution in [1.29, 1.82) is 0 Å². The van der Waals surface area contributed by atoms with Crippen molar-refractivity contribution in [2.24, 2.45) is 0 Å². The Hall–Kier alpha value is -3.09. The van der Waals surface area contributed by atoms with Gasteiger partial charge in [0, 0.05) is 35.5 Å². The molecule has 0 spiro atoms. The minimum absolute atomic E-state index is 0.0819. The molecular weight excluding hydrogens is 332 g/mol. The molecule has 1 aromatic carbocycles. The topological polar surface area (TPSA) is 91.2 Å². The van der Waals surface area contributed by atoms with Gasteiger partial charge in [0.25, 0.3) is 11.8 Å². The van der Waals surface area contributed by atoms with Crippen LogP contribution in [0.5, 0.6) is 0 Å². The standard InChI is InChI=1S/C19H18N4O3/c24-18(20-12-5-6-12)17-13-10-23(8-7-16(13)26-22-17)19(25)15-9-11-3-1-2-4-14(11)21-15/h1-4,9,12,21H,5-8,10H2,(H,20,24). The van der Waals surface area contributed by atoms with Crippen molar-refractivity contribution in [3.05, 3.63) is 53.0 Å². The van der Waals surface area contributed by atoms with Crippen molar-refractivity contribution >= 4 is 22.7 Å². The number of hydrogen-bond acceptors (Lipinski definition) is 4. The average Bonchev–Trinajstić information content (AvgIpc) is 3.21. The quantitative estimate of drug-likeness (QED) is 0.758. The minimum atomic E-state index is -0.211. The van der Waals surface area contributed by atoms with Crippen LogP contribution in [0.25, 0.3) is 10.9 Å². The number of aromatic nitrogens is 2. The van der Waals surface area contributed by atoms with Gasteiger partial charge in [0.15, 0.2) is 5.69 Å². The number of aromatic amines is 1. The van der Waals surface area contributed by atoms with Gasteiger partial charge in [-0.15, -0.1) is 0 Å². The number of carbonyl (C=O) groups excluding carboxylic acids is 2. The Morgan fingerprint density at radius 1 is 1.27 bits per heavy atom. The van der Waals surface area contributed by atoms with E-state index < -0.39 is 0 Å². The summed E-state index contributed by atoms with van der Waals surface area (Å²) in [5.74, 6) is 0.408. The molecule has 2 aromatic heterocycles. The van der Waals surface area contributed by atoms with Gasteiger partial charge in [-0.2, -0.15) is 0 Å². The Bertz CT molecular complexity index is 982. The summed E-state index contributed by atoms with van der Waals surface area (Å²) in [6, 6.07) is 9.91. The number of hydrogen-bond donors (Lipinski definition) is 2. The van der Waals surface area contributed by atoms with Crippen molar-refractivity contribution in [3.8, 4) is 0 Å². The number of para-hydroxylation sites is 1. The zero-order valence-electron chi connectivity index (χ0n) is 14.1. The molecule has 0 unspecified atom stereocenters. The number of rotatable bonds is 3. The maximum atomic E-state index is 12.9. The number of nitrogens with zero attached hydrogens (tertiary/aromatic N) is 2. The largest absolute Gasteiger partial charge is 0.360 e. The zero-order valence-corrected chi connectivity index (χ0v) is 14.1. The Labute approximate surface area is 149 Å². The van der Waals surface area contributed by atoms with E-state index in [9.17, 15) is 9.59 Å². The van der Waals surface area contributed by atoms with Crippen molar-refractivity contribution in [2.45, 2.75) is 31.8 Å². The van der Waals surface area contributed by atoms with Gasteiger partial charge in [-0.05, 0) is 25.0 Å². The summed E-state index contributed by atoms with van der Waals surface area (Å²) in [5.41, 5.74) is 2.51. The summed E-state index contributed by atoms with van der Waals surface area (Å²) in [5, 5.41) is 7.88. The molecule has 1 fully saturated rings. The number of nitrogens with one attached hydrogen (secondary N) is 2. The highest BCUT2D eigenvalue weighted by atomic mass is 16.5. The molecule has 0 radical (unpaired) electrons. The van der Waals surface area contributed by atoms with Crippen molar-refractivity contribution < 1.29 is 14.1 Å². The lowest BCUT2D eigenvalue weighted by Gasteiger charge is -2.25. The maximum Gasteiger partial charge on any atom is 0.274 e. The zero-order chi connectivity index (χ0) is 17.7. The molecule has 7 heteroatoms. The van der Waals surface area contributed by atoms with Crippen LogP contribution in [0.3, 0.4) is 0 Å². The SMILES string of the molecule is O=C(NC1CC1)c1noc2c1CN(C(=O)c1cc3ccccc3[nH]1)CC2. The van der Waals surface area contributed by atoms with E-state index in [0.29, 0.717) is 36.7 Å². The van der Waals surface area contributed by atoms with Crippen molar-refractivity contribution in [3.63, 3.8) is 0 Å². The summed E-state index contributed by atoms with van der Waals surface area (Å²) in [6.45, 7) is 0.876. The van der Waals surface area contributed by atoms with Gasteiger partial charge < -0.3 is 19.7 Å². The van der Waals surface area contributed by atoms with Crippen molar-refractivity contribution in [2.75, 3.05) is 6.54 Å². The van der Waals surface area contributed by atoms with E-state index in [0.717, 1.165) is 29.3 Å². The number of carbonyl (C=O) groups is 2. The van der Waals surface area contributed by atoms with E-state index in [-0.39, 0.29) is 17.9 Å². The molecule has 3 aromatic rings. The van der Waals surface area contributed by atoms with Crippen LogP contribution in [0.4, 0.5) is 0 Å².